The third-order valence-corrected chi connectivity index (χ3v) is 3.57. The van der Waals surface area contributed by atoms with Crippen LogP contribution < -0.4 is 5.73 Å². The highest BCUT2D eigenvalue weighted by atomic mass is 16.5. The first-order valence-corrected chi connectivity index (χ1v) is 6.11. The van der Waals surface area contributed by atoms with Crippen molar-refractivity contribution in [3.8, 4) is 0 Å². The molecule has 0 aromatic heterocycles. The molecule has 1 rings (SSSR count). The number of aliphatic carboxylic acids is 1. The van der Waals surface area contributed by atoms with E-state index in [0.717, 1.165) is 19.4 Å². The fourth-order valence-corrected chi connectivity index (χ4v) is 2.31. The van der Waals surface area contributed by atoms with Gasteiger partial charge in [-0.1, -0.05) is 0 Å². The van der Waals surface area contributed by atoms with Gasteiger partial charge in [-0.3, -0.25) is 9.69 Å². The highest BCUT2D eigenvalue weighted by Gasteiger charge is 2.35. The summed E-state index contributed by atoms with van der Waals surface area (Å²) in [4.78, 5) is 13.3. The van der Waals surface area contributed by atoms with Gasteiger partial charge >= 0.3 is 5.97 Å². The maximum absolute atomic E-state index is 11.1. The van der Waals surface area contributed by atoms with E-state index in [0.29, 0.717) is 13.1 Å². The van der Waals surface area contributed by atoms with E-state index in [9.17, 15) is 4.79 Å². The summed E-state index contributed by atoms with van der Waals surface area (Å²) in [6.07, 6.45) is 2.10. The Morgan fingerprint density at radius 3 is 2.71 bits per heavy atom. The second-order valence-electron chi connectivity index (χ2n) is 5.43. The number of piperidine rings is 1. The van der Waals surface area contributed by atoms with Gasteiger partial charge in [-0.15, -0.1) is 0 Å². The van der Waals surface area contributed by atoms with Crippen LogP contribution in [0.15, 0.2) is 0 Å². The van der Waals surface area contributed by atoms with Gasteiger partial charge in [0.15, 0.2) is 0 Å². The van der Waals surface area contributed by atoms with Crippen molar-refractivity contribution in [2.75, 3.05) is 26.7 Å². The van der Waals surface area contributed by atoms with E-state index in [4.69, 9.17) is 15.6 Å². The van der Waals surface area contributed by atoms with Crippen LogP contribution in [-0.2, 0) is 9.53 Å². The molecule has 2 atom stereocenters. The van der Waals surface area contributed by atoms with Crippen LogP contribution in [0.1, 0.15) is 26.7 Å². The SMILES string of the molecule is COC1CCN(CC(C)(C)C(=O)O)C(CN)C1. The second kappa shape index (κ2) is 5.80. The van der Waals surface area contributed by atoms with Crippen LogP contribution in [0.2, 0.25) is 0 Å². The van der Waals surface area contributed by atoms with Crippen molar-refractivity contribution in [3.05, 3.63) is 0 Å². The summed E-state index contributed by atoms with van der Waals surface area (Å²) in [5, 5.41) is 9.15. The smallest absolute Gasteiger partial charge is 0.310 e. The Bertz CT molecular complexity index is 268. The van der Waals surface area contributed by atoms with Crippen molar-refractivity contribution in [1.29, 1.82) is 0 Å². The van der Waals surface area contributed by atoms with Crippen LogP contribution in [0, 0.1) is 5.41 Å². The first-order chi connectivity index (χ1) is 7.90. The first-order valence-electron chi connectivity index (χ1n) is 6.11. The number of nitrogens with zero attached hydrogens (tertiary/aromatic N) is 1. The highest BCUT2D eigenvalue weighted by molar-refractivity contribution is 5.73. The number of hydrogen-bond donors (Lipinski definition) is 2. The molecule has 17 heavy (non-hydrogen) atoms. The Morgan fingerprint density at radius 1 is 1.59 bits per heavy atom. The number of carboxylic acid groups (broad SMARTS) is 1. The summed E-state index contributed by atoms with van der Waals surface area (Å²) in [5.74, 6) is -0.762. The van der Waals surface area contributed by atoms with Crippen LogP contribution in [0.5, 0.6) is 0 Å². The number of likely N-dealkylation sites (tertiary alicyclic amines) is 1. The van der Waals surface area contributed by atoms with Gasteiger partial charge in [-0.25, -0.2) is 0 Å². The second-order valence-corrected chi connectivity index (χ2v) is 5.43. The summed E-state index contributed by atoms with van der Waals surface area (Å²) < 4.78 is 5.35. The summed E-state index contributed by atoms with van der Waals surface area (Å²) in [5.41, 5.74) is 5.03. The Kier molecular flexibility index (Phi) is 4.91. The molecule has 0 aromatic rings. The van der Waals surface area contributed by atoms with Gasteiger partial charge in [0.1, 0.15) is 0 Å². The van der Waals surface area contributed by atoms with E-state index >= 15 is 0 Å². The van der Waals surface area contributed by atoms with Gasteiger partial charge in [-0.2, -0.15) is 0 Å². The van der Waals surface area contributed by atoms with Gasteiger partial charge in [0.05, 0.1) is 11.5 Å². The molecule has 2 unspecified atom stereocenters. The monoisotopic (exact) mass is 244 g/mol. The fourth-order valence-electron chi connectivity index (χ4n) is 2.31. The molecule has 1 aliphatic heterocycles. The molecule has 100 valence electrons. The summed E-state index contributed by atoms with van der Waals surface area (Å²) in [6.45, 7) is 5.46. The van der Waals surface area contributed by atoms with E-state index in [-0.39, 0.29) is 12.1 Å². The zero-order valence-electron chi connectivity index (χ0n) is 11.0. The average molecular weight is 244 g/mol. The normalized spacial score (nSPS) is 27.1. The number of nitrogens with two attached hydrogens (primary N) is 1. The van der Waals surface area contributed by atoms with Gasteiger partial charge in [0.2, 0.25) is 0 Å². The largest absolute Gasteiger partial charge is 0.481 e. The molecule has 0 radical (unpaired) electrons. The Morgan fingerprint density at radius 2 is 2.24 bits per heavy atom. The van der Waals surface area contributed by atoms with Crippen LogP contribution in [0.3, 0.4) is 0 Å². The molecule has 0 aromatic carbocycles. The van der Waals surface area contributed by atoms with Crippen LogP contribution >= 0.6 is 0 Å². The molecule has 5 nitrogen and oxygen atoms in total. The molecular formula is C12H24N2O3. The third kappa shape index (κ3) is 3.66. The van der Waals surface area contributed by atoms with Crippen LogP contribution in [-0.4, -0.2) is 54.9 Å². The number of hydrogen-bond acceptors (Lipinski definition) is 4. The fraction of sp³-hybridized carbons (Fsp3) is 0.917. The van der Waals surface area contributed by atoms with E-state index in [1.807, 2.05) is 0 Å². The lowest BCUT2D eigenvalue weighted by atomic mass is 9.90. The molecule has 1 saturated heterocycles. The first kappa shape index (κ1) is 14.4. The third-order valence-electron chi connectivity index (χ3n) is 3.57. The summed E-state index contributed by atoms with van der Waals surface area (Å²) in [6, 6.07) is 0.229. The summed E-state index contributed by atoms with van der Waals surface area (Å²) >= 11 is 0. The van der Waals surface area contributed by atoms with E-state index < -0.39 is 11.4 Å². The predicted molar refractivity (Wildman–Crippen MR) is 65.9 cm³/mol. The maximum atomic E-state index is 11.1. The number of carbonyl (C=O) groups is 1. The maximum Gasteiger partial charge on any atom is 0.310 e. The van der Waals surface area contributed by atoms with Gasteiger partial charge in [0, 0.05) is 32.8 Å². The van der Waals surface area contributed by atoms with Crippen LogP contribution in [0.25, 0.3) is 0 Å². The molecule has 1 fully saturated rings. The minimum atomic E-state index is -0.762. The number of carboxylic acids is 1. The Labute approximate surface area is 103 Å². The Balaban J connectivity index is 2.62. The van der Waals surface area contributed by atoms with Crippen molar-refractivity contribution < 1.29 is 14.6 Å². The topological polar surface area (TPSA) is 75.8 Å². The zero-order chi connectivity index (χ0) is 13.1. The lowest BCUT2D eigenvalue weighted by molar-refractivity contribution is -0.148. The van der Waals surface area contributed by atoms with E-state index in [1.165, 1.54) is 0 Å². The quantitative estimate of drug-likeness (QED) is 0.738. The lowest BCUT2D eigenvalue weighted by Crippen LogP contribution is -2.52. The van der Waals surface area contributed by atoms with Crippen molar-refractivity contribution >= 4 is 5.97 Å². The van der Waals surface area contributed by atoms with Gasteiger partial charge < -0.3 is 15.6 Å². The zero-order valence-corrected chi connectivity index (χ0v) is 11.0. The molecule has 1 aliphatic rings. The highest BCUT2D eigenvalue weighted by Crippen LogP contribution is 2.24. The van der Waals surface area contributed by atoms with Crippen molar-refractivity contribution in [1.82, 2.24) is 4.90 Å². The lowest BCUT2D eigenvalue weighted by Gasteiger charge is -2.41. The predicted octanol–water partition coefficient (Wildman–Crippen LogP) is 0.535. The molecule has 0 aliphatic carbocycles. The number of rotatable bonds is 5. The standard InChI is InChI=1S/C12H24N2O3/c1-12(2,11(15)16)8-14-5-4-10(17-3)6-9(14)7-13/h9-10H,4-8,13H2,1-3H3,(H,15,16). The molecule has 3 N–H and O–H groups in total. The molecular weight excluding hydrogens is 220 g/mol. The van der Waals surface area contributed by atoms with Gasteiger partial charge in [0.25, 0.3) is 0 Å². The average Bonchev–Trinajstić information content (AvgIpc) is 2.29. The molecule has 0 saturated carbocycles. The molecule has 1 heterocycles. The minimum absolute atomic E-state index is 0.229. The minimum Gasteiger partial charge on any atom is -0.481 e. The molecule has 0 spiro atoms. The van der Waals surface area contributed by atoms with Crippen molar-refractivity contribution in [3.63, 3.8) is 0 Å². The van der Waals surface area contributed by atoms with Gasteiger partial charge in [-0.05, 0) is 26.7 Å². The molecule has 0 amide bonds. The molecule has 0 bridgehead atoms. The van der Waals surface area contributed by atoms with Crippen LogP contribution in [0.4, 0.5) is 0 Å². The summed E-state index contributed by atoms with van der Waals surface area (Å²) in [7, 11) is 1.72. The van der Waals surface area contributed by atoms with Crippen molar-refractivity contribution in [2.45, 2.75) is 38.8 Å². The number of methoxy groups -OCH3 is 1. The molecule has 5 heteroatoms. The Hall–Kier alpha value is -0.650. The number of ether oxygens (including phenoxy) is 1. The van der Waals surface area contributed by atoms with Crippen molar-refractivity contribution in [2.24, 2.45) is 11.1 Å². The van der Waals surface area contributed by atoms with E-state index in [2.05, 4.69) is 4.90 Å². The van der Waals surface area contributed by atoms with E-state index in [1.54, 1.807) is 21.0 Å².